The number of methoxy groups -OCH3 is 1. The lowest BCUT2D eigenvalue weighted by molar-refractivity contribution is 0.0853. The molecule has 1 aromatic carbocycles. The van der Waals surface area contributed by atoms with Crippen molar-refractivity contribution >= 4 is 17.4 Å². The Kier molecular flexibility index (Phi) is 5.45. The highest BCUT2D eigenvalue weighted by molar-refractivity contribution is 5.93. The number of anilines is 2. The summed E-state index contributed by atoms with van der Waals surface area (Å²) in [6, 6.07) is 7.42. The molecule has 2 N–H and O–H groups in total. The van der Waals surface area contributed by atoms with Crippen LogP contribution in [0.1, 0.15) is 28.9 Å². The Morgan fingerprint density at radius 2 is 2.24 bits per heavy atom. The highest BCUT2D eigenvalue weighted by atomic mass is 16.5. The smallest absolute Gasteiger partial charge is 0.270 e. The quantitative estimate of drug-likeness (QED) is 0.839. The second kappa shape index (κ2) is 7.94. The van der Waals surface area contributed by atoms with Gasteiger partial charge in [0.25, 0.3) is 5.91 Å². The molecule has 0 radical (unpaired) electrons. The fourth-order valence-corrected chi connectivity index (χ4v) is 2.71. The number of ether oxygens (including phenoxy) is 2. The average Bonchev–Trinajstić information content (AvgIpc) is 3.14. The average molecular weight is 342 g/mol. The zero-order valence-electron chi connectivity index (χ0n) is 14.4. The molecule has 1 fully saturated rings. The number of hydrogen-bond donors (Lipinski definition) is 2. The third-order valence-electron chi connectivity index (χ3n) is 4.03. The lowest BCUT2D eigenvalue weighted by atomic mass is 10.2. The van der Waals surface area contributed by atoms with Crippen LogP contribution in [0.2, 0.25) is 0 Å². The van der Waals surface area contributed by atoms with Crippen LogP contribution in [0, 0.1) is 6.92 Å². The standard InChI is InChI=1S/C18H22N4O3/c1-12-5-6-16(24-2)14(8-12)22-17-9-15(20-11-21-17)18(23)19-10-13-4-3-7-25-13/h5-6,8-9,11,13H,3-4,7,10H2,1-2H3,(H,19,23)(H,20,21,22). The highest BCUT2D eigenvalue weighted by Crippen LogP contribution is 2.27. The Morgan fingerprint density at radius 1 is 1.36 bits per heavy atom. The van der Waals surface area contributed by atoms with Crippen LogP contribution in [-0.2, 0) is 4.74 Å². The van der Waals surface area contributed by atoms with Gasteiger partial charge < -0.3 is 20.1 Å². The van der Waals surface area contributed by atoms with E-state index in [9.17, 15) is 4.79 Å². The van der Waals surface area contributed by atoms with Crippen LogP contribution < -0.4 is 15.4 Å². The predicted octanol–water partition coefficient (Wildman–Crippen LogP) is 2.45. The van der Waals surface area contributed by atoms with Crippen LogP contribution in [0.5, 0.6) is 5.75 Å². The molecule has 1 aromatic heterocycles. The minimum atomic E-state index is -0.239. The van der Waals surface area contributed by atoms with Gasteiger partial charge in [-0.15, -0.1) is 0 Å². The number of amides is 1. The number of benzene rings is 1. The fraction of sp³-hybridized carbons (Fsp3) is 0.389. The molecule has 1 saturated heterocycles. The van der Waals surface area contributed by atoms with Crippen LogP contribution in [0.4, 0.5) is 11.5 Å². The van der Waals surface area contributed by atoms with Crippen LogP contribution in [0.25, 0.3) is 0 Å². The molecule has 2 aromatic rings. The van der Waals surface area contributed by atoms with Crippen molar-refractivity contribution < 1.29 is 14.3 Å². The molecule has 7 heteroatoms. The lowest BCUT2D eigenvalue weighted by Gasteiger charge is -2.12. The minimum Gasteiger partial charge on any atom is -0.495 e. The molecule has 0 spiro atoms. The van der Waals surface area contributed by atoms with Gasteiger partial charge >= 0.3 is 0 Å². The van der Waals surface area contributed by atoms with Gasteiger partial charge in [0.05, 0.1) is 18.9 Å². The monoisotopic (exact) mass is 342 g/mol. The summed E-state index contributed by atoms with van der Waals surface area (Å²) in [5.74, 6) is 0.993. The van der Waals surface area contributed by atoms with E-state index < -0.39 is 0 Å². The number of aromatic nitrogens is 2. The molecule has 1 unspecified atom stereocenters. The van der Waals surface area contributed by atoms with E-state index in [-0.39, 0.29) is 12.0 Å². The van der Waals surface area contributed by atoms with Gasteiger partial charge in [-0.25, -0.2) is 9.97 Å². The summed E-state index contributed by atoms with van der Waals surface area (Å²) < 4.78 is 10.9. The van der Waals surface area contributed by atoms with Crippen LogP contribution in [0.15, 0.2) is 30.6 Å². The van der Waals surface area contributed by atoms with E-state index in [1.54, 1.807) is 13.2 Å². The Morgan fingerprint density at radius 3 is 3.00 bits per heavy atom. The molecule has 25 heavy (non-hydrogen) atoms. The second-order valence-electron chi connectivity index (χ2n) is 5.96. The van der Waals surface area contributed by atoms with Gasteiger partial charge in [-0.1, -0.05) is 6.07 Å². The molecule has 1 aliphatic rings. The van der Waals surface area contributed by atoms with Crippen molar-refractivity contribution in [1.29, 1.82) is 0 Å². The van der Waals surface area contributed by atoms with Gasteiger partial charge in [-0.3, -0.25) is 4.79 Å². The molecule has 1 aliphatic heterocycles. The summed E-state index contributed by atoms with van der Waals surface area (Å²) in [6.45, 7) is 3.26. The van der Waals surface area contributed by atoms with Crippen molar-refractivity contribution in [2.45, 2.75) is 25.9 Å². The molecule has 2 heterocycles. The van der Waals surface area contributed by atoms with Crippen molar-refractivity contribution in [3.63, 3.8) is 0 Å². The number of rotatable bonds is 6. The third kappa shape index (κ3) is 4.45. The number of aryl methyl sites for hydroxylation is 1. The van der Waals surface area contributed by atoms with E-state index in [0.717, 1.165) is 30.7 Å². The maximum atomic E-state index is 12.3. The zero-order valence-corrected chi connectivity index (χ0v) is 14.4. The summed E-state index contributed by atoms with van der Waals surface area (Å²) in [6.07, 6.45) is 3.48. The molecule has 3 rings (SSSR count). The number of hydrogen-bond acceptors (Lipinski definition) is 6. The van der Waals surface area contributed by atoms with Crippen molar-refractivity contribution in [3.8, 4) is 5.75 Å². The van der Waals surface area contributed by atoms with Gasteiger partial charge in [0, 0.05) is 19.2 Å². The first-order valence-electron chi connectivity index (χ1n) is 8.29. The van der Waals surface area contributed by atoms with E-state index in [0.29, 0.717) is 23.8 Å². The second-order valence-corrected chi connectivity index (χ2v) is 5.96. The molecule has 1 amide bonds. The maximum absolute atomic E-state index is 12.3. The first kappa shape index (κ1) is 17.2. The number of carbonyl (C=O) groups is 1. The van der Waals surface area contributed by atoms with Crippen molar-refractivity contribution in [1.82, 2.24) is 15.3 Å². The Balaban J connectivity index is 1.68. The first-order valence-corrected chi connectivity index (χ1v) is 8.29. The van der Waals surface area contributed by atoms with E-state index in [1.165, 1.54) is 6.33 Å². The van der Waals surface area contributed by atoms with Crippen molar-refractivity contribution in [2.75, 3.05) is 25.6 Å². The molecule has 0 bridgehead atoms. The Labute approximate surface area is 146 Å². The van der Waals surface area contributed by atoms with E-state index in [1.807, 2.05) is 25.1 Å². The van der Waals surface area contributed by atoms with Crippen molar-refractivity contribution in [2.24, 2.45) is 0 Å². The lowest BCUT2D eigenvalue weighted by Crippen LogP contribution is -2.32. The topological polar surface area (TPSA) is 85.4 Å². The van der Waals surface area contributed by atoms with Gasteiger partial charge in [0.15, 0.2) is 0 Å². The molecule has 1 atom stereocenters. The van der Waals surface area contributed by atoms with E-state index in [2.05, 4.69) is 20.6 Å². The number of nitrogens with one attached hydrogen (secondary N) is 2. The normalized spacial score (nSPS) is 16.5. The minimum absolute atomic E-state index is 0.0972. The first-order chi connectivity index (χ1) is 12.2. The van der Waals surface area contributed by atoms with Crippen LogP contribution >= 0.6 is 0 Å². The fourth-order valence-electron chi connectivity index (χ4n) is 2.71. The van der Waals surface area contributed by atoms with Crippen LogP contribution in [-0.4, -0.2) is 42.2 Å². The Bertz CT molecular complexity index is 745. The molecule has 0 saturated carbocycles. The number of carbonyl (C=O) groups excluding carboxylic acids is 1. The van der Waals surface area contributed by atoms with E-state index >= 15 is 0 Å². The number of nitrogens with zero attached hydrogens (tertiary/aromatic N) is 2. The largest absolute Gasteiger partial charge is 0.495 e. The van der Waals surface area contributed by atoms with Gasteiger partial charge in [-0.05, 0) is 37.5 Å². The van der Waals surface area contributed by atoms with Gasteiger partial charge in [0.2, 0.25) is 0 Å². The highest BCUT2D eigenvalue weighted by Gasteiger charge is 2.17. The molecule has 132 valence electrons. The molecular weight excluding hydrogens is 320 g/mol. The molecule has 0 aliphatic carbocycles. The van der Waals surface area contributed by atoms with Crippen molar-refractivity contribution in [3.05, 3.63) is 41.9 Å². The third-order valence-corrected chi connectivity index (χ3v) is 4.03. The molecular formula is C18H22N4O3. The summed E-state index contributed by atoms with van der Waals surface area (Å²) in [5, 5.41) is 6.03. The van der Waals surface area contributed by atoms with Gasteiger partial charge in [0.1, 0.15) is 23.6 Å². The zero-order chi connectivity index (χ0) is 17.6. The summed E-state index contributed by atoms with van der Waals surface area (Å²) in [7, 11) is 1.61. The predicted molar refractivity (Wildman–Crippen MR) is 94.4 cm³/mol. The van der Waals surface area contributed by atoms with Gasteiger partial charge in [-0.2, -0.15) is 0 Å². The molecule has 7 nitrogen and oxygen atoms in total. The van der Waals surface area contributed by atoms with E-state index in [4.69, 9.17) is 9.47 Å². The summed E-state index contributed by atoms with van der Waals surface area (Å²) in [5.41, 5.74) is 2.18. The maximum Gasteiger partial charge on any atom is 0.270 e. The Hall–Kier alpha value is -2.67. The summed E-state index contributed by atoms with van der Waals surface area (Å²) >= 11 is 0. The summed E-state index contributed by atoms with van der Waals surface area (Å²) in [4.78, 5) is 20.5. The SMILES string of the molecule is COc1ccc(C)cc1Nc1cc(C(=O)NCC2CCCO2)ncn1. The van der Waals surface area contributed by atoms with Crippen LogP contribution in [0.3, 0.4) is 0 Å².